The van der Waals surface area contributed by atoms with Crippen LogP contribution in [0.3, 0.4) is 0 Å². The molecule has 1 atom stereocenters. The number of nitrogens with zero attached hydrogens (tertiary/aromatic N) is 2. The summed E-state index contributed by atoms with van der Waals surface area (Å²) in [4.78, 5) is 25.7. The lowest BCUT2D eigenvalue weighted by atomic mass is 9.89. The maximum Gasteiger partial charge on any atom is 0.293 e. The van der Waals surface area contributed by atoms with Gasteiger partial charge >= 0.3 is 0 Å². The van der Waals surface area contributed by atoms with E-state index in [0.29, 0.717) is 44.0 Å². The molecular formula is C22H25N3O5. The number of rotatable bonds is 4. The van der Waals surface area contributed by atoms with Gasteiger partial charge in [-0.05, 0) is 32.0 Å². The van der Waals surface area contributed by atoms with Crippen LogP contribution in [0, 0.1) is 10.1 Å². The third kappa shape index (κ3) is 4.09. The van der Waals surface area contributed by atoms with Crippen LogP contribution in [0.4, 0.5) is 11.4 Å². The number of amides is 1. The highest BCUT2D eigenvalue weighted by Gasteiger charge is 2.34. The molecule has 2 aromatic rings. The number of nitrogens with one attached hydrogen (secondary N) is 1. The van der Waals surface area contributed by atoms with Crippen LogP contribution in [-0.4, -0.2) is 47.6 Å². The first-order valence-electron chi connectivity index (χ1n) is 10.0. The Bertz CT molecular complexity index is 969. The lowest BCUT2D eigenvalue weighted by molar-refractivity contribution is -0.384. The highest BCUT2D eigenvalue weighted by molar-refractivity contribution is 5.95. The minimum atomic E-state index is -0.450. The van der Waals surface area contributed by atoms with Crippen LogP contribution in [0.2, 0.25) is 0 Å². The SMILES string of the molecule is CC1(C)CC(Nc2ccc(C(=O)N3CCOCC3)cc2[N+](=O)[O-])c2ccccc2O1. The van der Waals surface area contributed by atoms with E-state index in [-0.39, 0.29) is 17.6 Å². The quantitative estimate of drug-likeness (QED) is 0.608. The Balaban J connectivity index is 1.63. The van der Waals surface area contributed by atoms with Gasteiger partial charge in [0.2, 0.25) is 0 Å². The van der Waals surface area contributed by atoms with Gasteiger partial charge in [0.15, 0.2) is 0 Å². The standard InChI is InChI=1S/C22H25N3O5/c1-22(2)14-18(16-5-3-4-6-20(16)30-22)23-17-8-7-15(13-19(17)25(27)28)21(26)24-9-11-29-12-10-24/h3-8,13,18,23H,9-12,14H2,1-2H3. The second-order valence-electron chi connectivity index (χ2n) is 8.19. The molecule has 2 aliphatic rings. The van der Waals surface area contributed by atoms with Gasteiger partial charge in [-0.15, -0.1) is 0 Å². The fourth-order valence-electron chi connectivity index (χ4n) is 4.01. The first-order chi connectivity index (χ1) is 14.3. The Morgan fingerprint density at radius 2 is 1.93 bits per heavy atom. The van der Waals surface area contributed by atoms with Crippen LogP contribution >= 0.6 is 0 Å². The van der Waals surface area contributed by atoms with Crippen LogP contribution in [0.15, 0.2) is 42.5 Å². The maximum absolute atomic E-state index is 12.7. The summed E-state index contributed by atoms with van der Waals surface area (Å²) in [5.74, 6) is 0.554. The monoisotopic (exact) mass is 411 g/mol. The van der Waals surface area contributed by atoms with Gasteiger partial charge in [0, 0.05) is 36.7 Å². The highest BCUT2D eigenvalue weighted by atomic mass is 16.6. The number of hydrogen-bond acceptors (Lipinski definition) is 6. The Morgan fingerprint density at radius 3 is 2.67 bits per heavy atom. The molecule has 158 valence electrons. The molecule has 2 aliphatic heterocycles. The molecule has 4 rings (SSSR count). The van der Waals surface area contributed by atoms with E-state index in [0.717, 1.165) is 11.3 Å². The van der Waals surface area contributed by atoms with E-state index in [9.17, 15) is 14.9 Å². The topological polar surface area (TPSA) is 93.9 Å². The van der Waals surface area contributed by atoms with Crippen molar-refractivity contribution in [2.75, 3.05) is 31.6 Å². The summed E-state index contributed by atoms with van der Waals surface area (Å²) in [6.45, 7) is 5.92. The lowest BCUT2D eigenvalue weighted by Crippen LogP contribution is -2.40. The molecule has 8 heteroatoms. The van der Waals surface area contributed by atoms with Crippen molar-refractivity contribution in [3.63, 3.8) is 0 Å². The molecule has 30 heavy (non-hydrogen) atoms. The van der Waals surface area contributed by atoms with Crippen LogP contribution in [0.1, 0.15) is 42.2 Å². The van der Waals surface area contributed by atoms with Crippen LogP contribution < -0.4 is 10.1 Å². The van der Waals surface area contributed by atoms with E-state index in [1.807, 2.05) is 38.1 Å². The van der Waals surface area contributed by atoms with E-state index >= 15 is 0 Å². The van der Waals surface area contributed by atoms with Gasteiger partial charge in [-0.2, -0.15) is 0 Å². The minimum Gasteiger partial charge on any atom is -0.487 e. The number of anilines is 1. The van der Waals surface area contributed by atoms with Crippen molar-refractivity contribution < 1.29 is 19.2 Å². The average molecular weight is 411 g/mol. The number of carbonyl (C=O) groups excluding carboxylic acids is 1. The molecule has 0 spiro atoms. The number of para-hydroxylation sites is 1. The van der Waals surface area contributed by atoms with E-state index in [1.54, 1.807) is 17.0 Å². The zero-order valence-corrected chi connectivity index (χ0v) is 17.1. The predicted octanol–water partition coefficient (Wildman–Crippen LogP) is 3.78. The third-order valence-electron chi connectivity index (χ3n) is 5.45. The van der Waals surface area contributed by atoms with Crippen molar-refractivity contribution in [3.8, 4) is 5.75 Å². The van der Waals surface area contributed by atoms with Gasteiger partial charge < -0.3 is 19.7 Å². The molecule has 1 unspecified atom stereocenters. The first-order valence-corrected chi connectivity index (χ1v) is 10.0. The smallest absolute Gasteiger partial charge is 0.293 e. The lowest BCUT2D eigenvalue weighted by Gasteiger charge is -2.38. The molecule has 2 heterocycles. The van der Waals surface area contributed by atoms with Crippen molar-refractivity contribution >= 4 is 17.3 Å². The van der Waals surface area contributed by atoms with Crippen LogP contribution in [0.25, 0.3) is 0 Å². The number of hydrogen-bond donors (Lipinski definition) is 1. The maximum atomic E-state index is 12.7. The molecule has 0 bridgehead atoms. The second-order valence-corrected chi connectivity index (χ2v) is 8.19. The molecule has 1 saturated heterocycles. The largest absolute Gasteiger partial charge is 0.487 e. The van der Waals surface area contributed by atoms with Gasteiger partial charge in [0.05, 0.1) is 24.2 Å². The zero-order chi connectivity index (χ0) is 21.3. The minimum absolute atomic E-state index is 0.115. The molecule has 1 N–H and O–H groups in total. The summed E-state index contributed by atoms with van der Waals surface area (Å²) < 4.78 is 11.3. The van der Waals surface area contributed by atoms with E-state index in [2.05, 4.69) is 5.32 Å². The van der Waals surface area contributed by atoms with Crippen molar-refractivity contribution in [3.05, 3.63) is 63.7 Å². The van der Waals surface area contributed by atoms with E-state index in [4.69, 9.17) is 9.47 Å². The van der Waals surface area contributed by atoms with Gasteiger partial charge in [-0.1, -0.05) is 18.2 Å². The van der Waals surface area contributed by atoms with Crippen molar-refractivity contribution in [1.82, 2.24) is 4.90 Å². The summed E-state index contributed by atoms with van der Waals surface area (Å²) in [6.07, 6.45) is 0.648. The third-order valence-corrected chi connectivity index (χ3v) is 5.45. The normalized spacial score (nSPS) is 20.1. The van der Waals surface area contributed by atoms with Crippen LogP contribution in [0.5, 0.6) is 5.75 Å². The zero-order valence-electron chi connectivity index (χ0n) is 17.1. The van der Waals surface area contributed by atoms with Crippen LogP contribution in [-0.2, 0) is 4.74 Å². The molecule has 0 aromatic heterocycles. The number of ether oxygens (including phenoxy) is 2. The van der Waals surface area contributed by atoms with Gasteiger partial charge in [-0.25, -0.2) is 0 Å². The van der Waals surface area contributed by atoms with Gasteiger partial charge in [0.1, 0.15) is 17.0 Å². The van der Waals surface area contributed by atoms with Crippen molar-refractivity contribution in [2.24, 2.45) is 0 Å². The molecule has 1 fully saturated rings. The number of fused-ring (bicyclic) bond motifs is 1. The molecule has 2 aromatic carbocycles. The van der Waals surface area contributed by atoms with Gasteiger partial charge in [-0.3, -0.25) is 14.9 Å². The van der Waals surface area contributed by atoms with Gasteiger partial charge in [0.25, 0.3) is 11.6 Å². The molecule has 0 saturated carbocycles. The second kappa shape index (κ2) is 7.95. The average Bonchev–Trinajstić information content (AvgIpc) is 2.73. The summed E-state index contributed by atoms with van der Waals surface area (Å²) in [5, 5.41) is 15.1. The van der Waals surface area contributed by atoms with E-state index < -0.39 is 10.5 Å². The summed E-state index contributed by atoms with van der Waals surface area (Å²) >= 11 is 0. The molecule has 8 nitrogen and oxygen atoms in total. The molecule has 0 aliphatic carbocycles. The first kappa shape index (κ1) is 20.2. The Kier molecular flexibility index (Phi) is 5.34. The summed E-state index contributed by atoms with van der Waals surface area (Å²) in [7, 11) is 0. The Labute approximate surface area is 174 Å². The van der Waals surface area contributed by atoms with Crippen molar-refractivity contribution in [1.29, 1.82) is 0 Å². The van der Waals surface area contributed by atoms with E-state index in [1.165, 1.54) is 6.07 Å². The number of morpholine rings is 1. The fraction of sp³-hybridized carbons (Fsp3) is 0.409. The summed E-state index contributed by atoms with van der Waals surface area (Å²) in [6, 6.07) is 12.2. The molecule has 1 amide bonds. The Morgan fingerprint density at radius 1 is 1.20 bits per heavy atom. The predicted molar refractivity (Wildman–Crippen MR) is 112 cm³/mol. The number of nitro groups is 1. The molecule has 0 radical (unpaired) electrons. The Hall–Kier alpha value is -3.13. The highest BCUT2D eigenvalue weighted by Crippen LogP contribution is 2.42. The number of nitro benzene ring substituents is 1. The fourth-order valence-corrected chi connectivity index (χ4v) is 4.01. The summed E-state index contributed by atoms with van der Waals surface area (Å²) in [5.41, 5.74) is 1.13. The van der Waals surface area contributed by atoms with Crippen molar-refractivity contribution in [2.45, 2.75) is 31.9 Å². The number of carbonyl (C=O) groups is 1. The number of benzene rings is 2. The molecular weight excluding hydrogens is 386 g/mol.